The quantitative estimate of drug-likeness (QED) is 0.546. The number of hydrogen-bond donors (Lipinski definition) is 0. The third kappa shape index (κ3) is 4.98. The summed E-state index contributed by atoms with van der Waals surface area (Å²) in [6, 6.07) is 11.3. The summed E-state index contributed by atoms with van der Waals surface area (Å²) in [4.78, 5) is 26.9. The molecule has 0 saturated carbocycles. The van der Waals surface area contributed by atoms with E-state index in [0.717, 1.165) is 5.56 Å². The van der Waals surface area contributed by atoms with Gasteiger partial charge < -0.3 is 14.4 Å². The van der Waals surface area contributed by atoms with Crippen LogP contribution in [0.1, 0.15) is 43.6 Å². The van der Waals surface area contributed by atoms with Gasteiger partial charge in [-0.15, -0.1) is 0 Å². The van der Waals surface area contributed by atoms with Crippen molar-refractivity contribution in [1.29, 1.82) is 0 Å². The van der Waals surface area contributed by atoms with Crippen LogP contribution in [0.25, 0.3) is 0 Å². The number of hydrogen-bond acceptors (Lipinski definition) is 6. The van der Waals surface area contributed by atoms with E-state index < -0.39 is 22.6 Å². The minimum absolute atomic E-state index is 0.0516. The molecule has 1 aliphatic rings. The predicted octanol–water partition coefficient (Wildman–Crippen LogP) is 3.25. The van der Waals surface area contributed by atoms with Crippen LogP contribution in [-0.2, 0) is 26.0 Å². The van der Waals surface area contributed by atoms with E-state index in [4.69, 9.17) is 9.47 Å². The molecule has 0 spiro atoms. The van der Waals surface area contributed by atoms with Crippen LogP contribution in [0.15, 0.2) is 47.4 Å². The fraction of sp³-hybridized carbons (Fsp3) is 0.417. The molecule has 1 aliphatic heterocycles. The van der Waals surface area contributed by atoms with E-state index >= 15 is 0 Å². The van der Waals surface area contributed by atoms with Gasteiger partial charge in [-0.1, -0.05) is 18.2 Å². The molecule has 0 N–H and O–H groups in total. The third-order valence-electron chi connectivity index (χ3n) is 5.55. The lowest BCUT2D eigenvalue weighted by Crippen LogP contribution is -2.44. The zero-order chi connectivity index (χ0) is 24.3. The van der Waals surface area contributed by atoms with Gasteiger partial charge in [0.2, 0.25) is 0 Å². The minimum Gasteiger partial charge on any atom is -0.496 e. The molecule has 2 aromatic rings. The molecule has 9 heteroatoms. The Kier molecular flexibility index (Phi) is 7.31. The van der Waals surface area contributed by atoms with E-state index in [-0.39, 0.29) is 34.2 Å². The molecule has 3 rings (SSSR count). The molecular formula is C24H30N2O6S. The molecule has 1 amide bonds. The second kappa shape index (κ2) is 9.82. The van der Waals surface area contributed by atoms with E-state index in [0.29, 0.717) is 18.7 Å². The van der Waals surface area contributed by atoms with Gasteiger partial charge in [-0.3, -0.25) is 9.10 Å². The molecule has 1 heterocycles. The highest BCUT2D eigenvalue weighted by atomic mass is 32.2. The molecule has 0 saturated heterocycles. The number of rotatable bonds is 8. The molecule has 0 bridgehead atoms. The van der Waals surface area contributed by atoms with Crippen LogP contribution >= 0.6 is 0 Å². The average Bonchev–Trinajstić information content (AvgIpc) is 3.21. The van der Waals surface area contributed by atoms with Gasteiger partial charge in [0.15, 0.2) is 6.61 Å². The number of sulfonamides is 1. The van der Waals surface area contributed by atoms with Crippen LogP contribution in [-0.4, -0.2) is 57.5 Å². The van der Waals surface area contributed by atoms with Crippen LogP contribution in [0.5, 0.6) is 5.75 Å². The fourth-order valence-corrected chi connectivity index (χ4v) is 5.67. The van der Waals surface area contributed by atoms with Crippen molar-refractivity contribution >= 4 is 27.6 Å². The number of benzene rings is 2. The highest BCUT2D eigenvalue weighted by Gasteiger charge is 2.32. The second-order valence-electron chi connectivity index (χ2n) is 8.38. The molecule has 0 fully saturated rings. The van der Waals surface area contributed by atoms with Crippen molar-refractivity contribution in [2.75, 3.05) is 24.6 Å². The first-order valence-corrected chi connectivity index (χ1v) is 12.3. The van der Waals surface area contributed by atoms with Crippen molar-refractivity contribution in [3.8, 4) is 5.75 Å². The highest BCUT2D eigenvalue weighted by Crippen LogP contribution is 2.34. The largest absolute Gasteiger partial charge is 0.496 e. The standard InChI is InChI=1S/C24H30N2O6S/c1-16(2)26(17(3)4)23(27)15-32-24(28)20-14-19(10-11-22(20)31-5)33(29,30)25-13-12-18-8-6-7-9-21(18)25/h6-11,14,16-17H,12-13,15H2,1-5H3. The van der Waals surface area contributed by atoms with E-state index in [2.05, 4.69) is 0 Å². The predicted molar refractivity (Wildman–Crippen MR) is 125 cm³/mol. The number of carbonyl (C=O) groups is 2. The number of ether oxygens (including phenoxy) is 2. The van der Waals surface area contributed by atoms with Gasteiger partial charge in [-0.2, -0.15) is 0 Å². The molecule has 0 aliphatic carbocycles. The SMILES string of the molecule is COc1ccc(S(=O)(=O)N2CCc3ccccc32)cc1C(=O)OCC(=O)N(C(C)C)C(C)C. The lowest BCUT2D eigenvalue weighted by molar-refractivity contribution is -0.138. The molecule has 0 radical (unpaired) electrons. The van der Waals surface area contributed by atoms with Gasteiger partial charge in [0, 0.05) is 18.6 Å². The molecular weight excluding hydrogens is 444 g/mol. The maximum absolute atomic E-state index is 13.3. The lowest BCUT2D eigenvalue weighted by atomic mass is 10.2. The fourth-order valence-electron chi connectivity index (χ4n) is 4.14. The summed E-state index contributed by atoms with van der Waals surface area (Å²) in [5.41, 5.74) is 1.53. The van der Waals surface area contributed by atoms with E-state index in [1.54, 1.807) is 17.0 Å². The Morgan fingerprint density at radius 1 is 1.06 bits per heavy atom. The molecule has 8 nitrogen and oxygen atoms in total. The first kappa shape index (κ1) is 24.6. The Labute approximate surface area is 195 Å². The normalized spacial score (nSPS) is 13.2. The molecule has 33 heavy (non-hydrogen) atoms. The monoisotopic (exact) mass is 474 g/mol. The van der Waals surface area contributed by atoms with Crippen LogP contribution < -0.4 is 9.04 Å². The zero-order valence-corrected chi connectivity index (χ0v) is 20.4. The number of anilines is 1. The van der Waals surface area contributed by atoms with E-state index in [1.165, 1.54) is 29.6 Å². The maximum Gasteiger partial charge on any atom is 0.342 e. The molecule has 0 unspecified atom stereocenters. The number of methoxy groups -OCH3 is 1. The summed E-state index contributed by atoms with van der Waals surface area (Å²) in [5.74, 6) is -0.992. The first-order chi connectivity index (χ1) is 15.6. The van der Waals surface area contributed by atoms with Crippen LogP contribution in [0.2, 0.25) is 0 Å². The molecule has 0 aromatic heterocycles. The third-order valence-corrected chi connectivity index (χ3v) is 7.36. The van der Waals surface area contributed by atoms with Gasteiger partial charge in [-0.05, 0) is 63.9 Å². The first-order valence-electron chi connectivity index (χ1n) is 10.8. The maximum atomic E-state index is 13.3. The lowest BCUT2D eigenvalue weighted by Gasteiger charge is -2.30. The van der Waals surface area contributed by atoms with Crippen molar-refractivity contribution in [3.63, 3.8) is 0 Å². The highest BCUT2D eigenvalue weighted by molar-refractivity contribution is 7.92. The van der Waals surface area contributed by atoms with E-state index in [9.17, 15) is 18.0 Å². The topological polar surface area (TPSA) is 93.2 Å². The van der Waals surface area contributed by atoms with Crippen LogP contribution in [0, 0.1) is 0 Å². The molecule has 2 aromatic carbocycles. The number of amides is 1. The summed E-state index contributed by atoms with van der Waals surface area (Å²) in [5, 5.41) is 0. The van der Waals surface area contributed by atoms with E-state index in [1.807, 2.05) is 39.8 Å². The summed E-state index contributed by atoms with van der Waals surface area (Å²) >= 11 is 0. The number of nitrogens with zero attached hydrogens (tertiary/aromatic N) is 2. The Morgan fingerprint density at radius 3 is 2.36 bits per heavy atom. The summed E-state index contributed by atoms with van der Waals surface area (Å²) in [6.45, 7) is 7.40. The van der Waals surface area contributed by atoms with Crippen molar-refractivity contribution in [1.82, 2.24) is 4.90 Å². The smallest absolute Gasteiger partial charge is 0.342 e. The van der Waals surface area contributed by atoms with Gasteiger partial charge in [0.1, 0.15) is 11.3 Å². The number of esters is 1. The molecule has 178 valence electrons. The van der Waals surface area contributed by atoms with Gasteiger partial charge in [-0.25, -0.2) is 13.2 Å². The van der Waals surface area contributed by atoms with Crippen molar-refractivity contribution in [2.24, 2.45) is 0 Å². The summed E-state index contributed by atoms with van der Waals surface area (Å²) < 4.78 is 38.5. The van der Waals surface area contributed by atoms with Gasteiger partial charge >= 0.3 is 5.97 Å². The van der Waals surface area contributed by atoms with Crippen molar-refractivity contribution < 1.29 is 27.5 Å². The van der Waals surface area contributed by atoms with Gasteiger partial charge in [0.05, 0.1) is 17.7 Å². The summed E-state index contributed by atoms with van der Waals surface area (Å²) in [7, 11) is -2.53. The van der Waals surface area contributed by atoms with Crippen molar-refractivity contribution in [2.45, 2.75) is 51.1 Å². The number of para-hydroxylation sites is 1. The number of carbonyl (C=O) groups excluding carboxylic acids is 2. The Morgan fingerprint density at radius 2 is 1.73 bits per heavy atom. The van der Waals surface area contributed by atoms with Crippen LogP contribution in [0.4, 0.5) is 5.69 Å². The Hall–Kier alpha value is -3.07. The Bertz CT molecular complexity index is 1140. The Balaban J connectivity index is 1.85. The zero-order valence-electron chi connectivity index (χ0n) is 19.6. The second-order valence-corrected chi connectivity index (χ2v) is 10.2. The summed E-state index contributed by atoms with van der Waals surface area (Å²) in [6.07, 6.45) is 0.616. The van der Waals surface area contributed by atoms with Gasteiger partial charge in [0.25, 0.3) is 15.9 Å². The van der Waals surface area contributed by atoms with Crippen LogP contribution in [0.3, 0.4) is 0 Å². The van der Waals surface area contributed by atoms with Crippen molar-refractivity contribution in [3.05, 3.63) is 53.6 Å². The number of fused-ring (bicyclic) bond motifs is 1. The molecule has 0 atom stereocenters. The minimum atomic E-state index is -3.91. The average molecular weight is 475 g/mol.